The fourth-order valence-electron chi connectivity index (χ4n) is 1.70. The molecule has 1 aromatic carbocycles. The Labute approximate surface area is 108 Å². The third-order valence-corrected chi connectivity index (χ3v) is 4.23. The first-order valence-electron chi connectivity index (χ1n) is 4.89. The van der Waals surface area contributed by atoms with Crippen LogP contribution in [-0.2, 0) is 6.54 Å². The molecule has 5 heteroatoms. The van der Waals surface area contributed by atoms with Crippen molar-refractivity contribution in [2.45, 2.75) is 11.7 Å². The summed E-state index contributed by atoms with van der Waals surface area (Å²) in [6.45, 7) is 1.04. The Morgan fingerprint density at radius 1 is 1.25 bits per heavy atom. The summed E-state index contributed by atoms with van der Waals surface area (Å²) in [5.74, 6) is 1.12. The fourth-order valence-corrected chi connectivity index (χ4v) is 2.95. The van der Waals surface area contributed by atoms with E-state index in [1.54, 1.807) is 17.8 Å². The van der Waals surface area contributed by atoms with E-state index < -0.39 is 0 Å². The van der Waals surface area contributed by atoms with Crippen LogP contribution in [0.2, 0.25) is 10.0 Å². The summed E-state index contributed by atoms with van der Waals surface area (Å²) in [5, 5.41) is 2.23. The quantitative estimate of drug-likeness (QED) is 0.781. The van der Waals surface area contributed by atoms with Crippen molar-refractivity contribution in [1.29, 1.82) is 0 Å². The van der Waals surface area contributed by atoms with E-state index in [0.717, 1.165) is 28.7 Å². The van der Waals surface area contributed by atoms with Crippen molar-refractivity contribution in [3.05, 3.63) is 34.4 Å². The van der Waals surface area contributed by atoms with Crippen LogP contribution in [0.1, 0.15) is 0 Å². The first kappa shape index (κ1) is 10.5. The SMILES string of the molecule is Clc1ccc(-c2cn3c(n2)SCC3)cc1Cl. The van der Waals surface area contributed by atoms with Gasteiger partial charge in [-0.2, -0.15) is 0 Å². The maximum atomic E-state index is 5.99. The third kappa shape index (κ3) is 1.73. The maximum absolute atomic E-state index is 5.99. The van der Waals surface area contributed by atoms with Gasteiger partial charge in [0.2, 0.25) is 0 Å². The van der Waals surface area contributed by atoms with Crippen molar-refractivity contribution in [2.24, 2.45) is 0 Å². The Morgan fingerprint density at radius 3 is 2.88 bits per heavy atom. The molecular formula is C11H8Cl2N2S. The molecule has 0 amide bonds. The highest BCUT2D eigenvalue weighted by Gasteiger charge is 2.15. The first-order valence-corrected chi connectivity index (χ1v) is 6.63. The first-order chi connectivity index (χ1) is 7.74. The van der Waals surface area contributed by atoms with E-state index in [0.29, 0.717) is 10.0 Å². The zero-order valence-corrected chi connectivity index (χ0v) is 10.6. The lowest BCUT2D eigenvalue weighted by molar-refractivity contribution is 0.719. The van der Waals surface area contributed by atoms with Crippen LogP contribution in [0.4, 0.5) is 0 Å². The molecule has 1 aliphatic heterocycles. The Hall–Kier alpha value is -0.640. The monoisotopic (exact) mass is 270 g/mol. The van der Waals surface area contributed by atoms with E-state index in [2.05, 4.69) is 15.7 Å². The number of rotatable bonds is 1. The average molecular weight is 271 g/mol. The molecule has 1 aromatic heterocycles. The smallest absolute Gasteiger partial charge is 0.168 e. The molecule has 0 N–H and O–H groups in total. The number of hydrogen-bond donors (Lipinski definition) is 0. The van der Waals surface area contributed by atoms with Gasteiger partial charge in [-0.05, 0) is 12.1 Å². The lowest BCUT2D eigenvalue weighted by Crippen LogP contribution is -1.89. The Bertz CT molecular complexity index is 529. The summed E-state index contributed by atoms with van der Waals surface area (Å²) in [6, 6.07) is 5.60. The number of nitrogens with zero attached hydrogens (tertiary/aromatic N) is 2. The van der Waals surface area contributed by atoms with E-state index in [-0.39, 0.29) is 0 Å². The van der Waals surface area contributed by atoms with E-state index in [1.165, 1.54) is 0 Å². The van der Waals surface area contributed by atoms with Gasteiger partial charge < -0.3 is 4.57 Å². The number of hydrogen-bond acceptors (Lipinski definition) is 2. The second kappa shape index (κ2) is 3.99. The van der Waals surface area contributed by atoms with Crippen LogP contribution in [0.5, 0.6) is 0 Å². The maximum Gasteiger partial charge on any atom is 0.168 e. The van der Waals surface area contributed by atoms with E-state index in [9.17, 15) is 0 Å². The second-order valence-electron chi connectivity index (χ2n) is 3.58. The molecule has 3 rings (SSSR count). The highest BCUT2D eigenvalue weighted by atomic mass is 35.5. The summed E-state index contributed by atoms with van der Waals surface area (Å²) in [6.07, 6.45) is 2.06. The molecule has 2 heterocycles. The van der Waals surface area contributed by atoms with E-state index in [4.69, 9.17) is 23.2 Å². The van der Waals surface area contributed by atoms with Gasteiger partial charge in [0.05, 0.1) is 15.7 Å². The minimum Gasteiger partial charge on any atom is -0.325 e. The number of fused-ring (bicyclic) bond motifs is 1. The molecule has 1 aliphatic rings. The Balaban J connectivity index is 2.05. The molecule has 0 aliphatic carbocycles. The number of aromatic nitrogens is 2. The van der Waals surface area contributed by atoms with Crippen LogP contribution in [0.3, 0.4) is 0 Å². The molecule has 0 bridgehead atoms. The van der Waals surface area contributed by atoms with Gasteiger partial charge >= 0.3 is 0 Å². The van der Waals surface area contributed by atoms with E-state index >= 15 is 0 Å². The van der Waals surface area contributed by atoms with Crippen molar-refractivity contribution in [1.82, 2.24) is 9.55 Å². The number of benzene rings is 1. The van der Waals surface area contributed by atoms with Gasteiger partial charge in [-0.3, -0.25) is 0 Å². The highest BCUT2D eigenvalue weighted by molar-refractivity contribution is 7.99. The van der Waals surface area contributed by atoms with Gasteiger partial charge in [-0.1, -0.05) is 41.0 Å². The summed E-state index contributed by atoms with van der Waals surface area (Å²) in [7, 11) is 0. The lowest BCUT2D eigenvalue weighted by Gasteiger charge is -1.99. The van der Waals surface area contributed by atoms with Gasteiger partial charge in [0.1, 0.15) is 0 Å². The molecular weight excluding hydrogens is 263 g/mol. The third-order valence-electron chi connectivity index (χ3n) is 2.52. The van der Waals surface area contributed by atoms with Crippen LogP contribution in [-0.4, -0.2) is 15.3 Å². The summed E-state index contributed by atoms with van der Waals surface area (Å²) < 4.78 is 2.17. The number of halogens is 2. The van der Waals surface area contributed by atoms with E-state index in [1.807, 2.05) is 12.1 Å². The van der Waals surface area contributed by atoms with Gasteiger partial charge in [-0.15, -0.1) is 0 Å². The van der Waals surface area contributed by atoms with Crippen LogP contribution >= 0.6 is 35.0 Å². The van der Waals surface area contributed by atoms with Gasteiger partial charge in [-0.25, -0.2) is 4.98 Å². The van der Waals surface area contributed by atoms with Crippen molar-refractivity contribution < 1.29 is 0 Å². The molecule has 0 atom stereocenters. The van der Waals surface area contributed by atoms with Gasteiger partial charge in [0, 0.05) is 24.1 Å². The molecule has 0 saturated carbocycles. The molecule has 0 saturated heterocycles. The van der Waals surface area contributed by atoms with Gasteiger partial charge in [0.15, 0.2) is 5.16 Å². The minimum atomic E-state index is 0.569. The van der Waals surface area contributed by atoms with Crippen LogP contribution < -0.4 is 0 Å². The molecule has 0 fully saturated rings. The predicted molar refractivity (Wildman–Crippen MR) is 68.4 cm³/mol. The van der Waals surface area contributed by atoms with Crippen molar-refractivity contribution in [3.63, 3.8) is 0 Å². The predicted octanol–water partition coefficient (Wildman–Crippen LogP) is 3.96. The lowest BCUT2D eigenvalue weighted by atomic mass is 10.2. The summed E-state index contributed by atoms with van der Waals surface area (Å²) in [4.78, 5) is 4.56. The molecule has 16 heavy (non-hydrogen) atoms. The molecule has 0 unspecified atom stereocenters. The fraction of sp³-hybridized carbons (Fsp3) is 0.182. The normalized spacial score (nSPS) is 14.1. The van der Waals surface area contributed by atoms with Crippen LogP contribution in [0.15, 0.2) is 29.6 Å². The molecule has 82 valence electrons. The molecule has 2 aromatic rings. The van der Waals surface area contributed by atoms with Crippen molar-refractivity contribution >= 4 is 35.0 Å². The molecule has 0 radical (unpaired) electrons. The summed E-state index contributed by atoms with van der Waals surface area (Å²) >= 11 is 13.7. The van der Waals surface area contributed by atoms with Crippen LogP contribution in [0.25, 0.3) is 11.3 Å². The number of aryl methyl sites for hydroxylation is 1. The standard InChI is InChI=1S/C11H8Cl2N2S/c12-8-2-1-7(5-9(8)13)10-6-15-3-4-16-11(15)14-10/h1-2,5-6H,3-4H2. The van der Waals surface area contributed by atoms with Crippen molar-refractivity contribution in [3.8, 4) is 11.3 Å². The molecule has 0 spiro atoms. The second-order valence-corrected chi connectivity index (χ2v) is 5.46. The topological polar surface area (TPSA) is 17.8 Å². The largest absolute Gasteiger partial charge is 0.325 e. The average Bonchev–Trinajstić information content (AvgIpc) is 2.81. The Morgan fingerprint density at radius 2 is 2.12 bits per heavy atom. The minimum absolute atomic E-state index is 0.569. The highest BCUT2D eigenvalue weighted by Crippen LogP contribution is 2.31. The Kier molecular flexibility index (Phi) is 2.62. The molecule has 2 nitrogen and oxygen atoms in total. The number of imidazole rings is 1. The van der Waals surface area contributed by atoms with Crippen molar-refractivity contribution in [2.75, 3.05) is 5.75 Å². The van der Waals surface area contributed by atoms with Gasteiger partial charge in [0.25, 0.3) is 0 Å². The summed E-state index contributed by atoms with van der Waals surface area (Å²) in [5.41, 5.74) is 1.97. The van der Waals surface area contributed by atoms with Crippen LogP contribution in [0, 0.1) is 0 Å². The number of thioether (sulfide) groups is 1. The zero-order valence-electron chi connectivity index (χ0n) is 8.28. The zero-order chi connectivity index (χ0) is 11.1.